The fourth-order valence-corrected chi connectivity index (χ4v) is 3.76. The van der Waals surface area contributed by atoms with E-state index in [9.17, 15) is 9.59 Å². The average molecular weight is 451 g/mol. The van der Waals surface area contributed by atoms with Gasteiger partial charge in [0.1, 0.15) is 11.5 Å². The summed E-state index contributed by atoms with van der Waals surface area (Å²) in [5.41, 5.74) is 0. The Morgan fingerprint density at radius 2 is 1.17 bits per heavy atom. The second-order valence-corrected chi connectivity index (χ2v) is 7.89. The fourth-order valence-electron chi connectivity index (χ4n) is 3.38. The van der Waals surface area contributed by atoms with E-state index < -0.39 is 0 Å². The van der Waals surface area contributed by atoms with Gasteiger partial charge in [-0.25, -0.2) is 0 Å². The van der Waals surface area contributed by atoms with Gasteiger partial charge in [0, 0.05) is 12.1 Å². The van der Waals surface area contributed by atoms with Gasteiger partial charge in [-0.1, -0.05) is 60.3 Å². The molecule has 2 amide bonds. The summed E-state index contributed by atoms with van der Waals surface area (Å²) in [5, 5.41) is 6.83. The first-order valence-electron chi connectivity index (χ1n) is 9.86. The Hall–Kier alpha value is -2.44. The summed E-state index contributed by atoms with van der Waals surface area (Å²) in [6.07, 6.45) is 3.54. The maximum absolute atomic E-state index is 12.3. The summed E-state index contributed by atoms with van der Waals surface area (Å²) in [7, 11) is 0. The topological polar surface area (TPSA) is 76.7 Å². The highest BCUT2D eigenvalue weighted by Crippen LogP contribution is 2.24. The number of para-hydroxylation sites is 2. The summed E-state index contributed by atoms with van der Waals surface area (Å²) < 4.78 is 11.0. The molecule has 0 heterocycles. The number of rotatable bonds is 8. The molecule has 2 N–H and O–H groups in total. The first-order chi connectivity index (χ1) is 14.5. The summed E-state index contributed by atoms with van der Waals surface area (Å²) in [6, 6.07) is 13.7. The highest BCUT2D eigenvalue weighted by Gasteiger charge is 2.28. The monoisotopic (exact) mass is 450 g/mol. The number of carbonyl (C=O) groups excluding carboxylic acids is 2. The van der Waals surface area contributed by atoms with Crippen LogP contribution in [-0.2, 0) is 9.59 Å². The molecule has 1 aliphatic rings. The Bertz CT molecular complexity index is 806. The molecule has 0 aromatic heterocycles. The number of carbonyl (C=O) groups is 2. The molecule has 0 unspecified atom stereocenters. The van der Waals surface area contributed by atoms with Crippen LogP contribution in [0.15, 0.2) is 48.5 Å². The van der Waals surface area contributed by atoms with Gasteiger partial charge in [-0.15, -0.1) is 0 Å². The predicted molar refractivity (Wildman–Crippen MR) is 116 cm³/mol. The number of benzene rings is 2. The van der Waals surface area contributed by atoms with Crippen LogP contribution in [0.5, 0.6) is 11.5 Å². The second kappa shape index (κ2) is 11.1. The van der Waals surface area contributed by atoms with Crippen LogP contribution < -0.4 is 20.1 Å². The minimum atomic E-state index is -0.256. The molecule has 1 fully saturated rings. The van der Waals surface area contributed by atoms with E-state index in [1.54, 1.807) is 48.5 Å². The number of amides is 2. The van der Waals surface area contributed by atoms with E-state index in [2.05, 4.69) is 10.6 Å². The minimum absolute atomic E-state index is 0.142. The van der Waals surface area contributed by atoms with Crippen molar-refractivity contribution in [3.63, 3.8) is 0 Å². The Kier molecular flexibility index (Phi) is 8.22. The molecule has 6 nitrogen and oxygen atoms in total. The van der Waals surface area contributed by atoms with Crippen LogP contribution in [0.1, 0.15) is 25.7 Å². The standard InChI is InChI=1S/C22H24Cl2N2O4/c23-15-7-1-5-11-19(15)29-13-21(27)25-17-9-3-4-10-18(17)26-22(28)14-30-20-12-6-2-8-16(20)24/h1-2,5-8,11-12,17-18H,3-4,9-10,13-14H2,(H,25,27)(H,26,28)/t17-,18-/m0/s1. The first kappa shape index (κ1) is 22.2. The summed E-state index contributed by atoms with van der Waals surface area (Å²) in [5.74, 6) is 0.404. The summed E-state index contributed by atoms with van der Waals surface area (Å²) >= 11 is 12.1. The van der Waals surface area contributed by atoms with Crippen LogP contribution in [0.4, 0.5) is 0 Å². The van der Waals surface area contributed by atoms with Gasteiger partial charge in [-0.2, -0.15) is 0 Å². The molecule has 0 aliphatic heterocycles. The largest absolute Gasteiger partial charge is 0.482 e. The van der Waals surface area contributed by atoms with Gasteiger partial charge in [0.25, 0.3) is 11.8 Å². The molecule has 0 bridgehead atoms. The van der Waals surface area contributed by atoms with Gasteiger partial charge in [0.2, 0.25) is 0 Å². The van der Waals surface area contributed by atoms with Crippen LogP contribution >= 0.6 is 23.2 Å². The second-order valence-electron chi connectivity index (χ2n) is 7.07. The van der Waals surface area contributed by atoms with E-state index >= 15 is 0 Å². The lowest BCUT2D eigenvalue weighted by Crippen LogP contribution is -2.54. The third kappa shape index (κ3) is 6.54. The highest BCUT2D eigenvalue weighted by atomic mass is 35.5. The van der Waals surface area contributed by atoms with Crippen molar-refractivity contribution in [3.8, 4) is 11.5 Å². The molecular formula is C22H24Cl2N2O4. The molecular weight excluding hydrogens is 427 g/mol. The van der Waals surface area contributed by atoms with Crippen LogP contribution in [0.2, 0.25) is 10.0 Å². The molecule has 30 heavy (non-hydrogen) atoms. The molecule has 8 heteroatoms. The van der Waals surface area contributed by atoms with E-state index in [0.717, 1.165) is 25.7 Å². The third-order valence-electron chi connectivity index (χ3n) is 4.85. The first-order valence-corrected chi connectivity index (χ1v) is 10.6. The molecule has 0 spiro atoms. The van der Waals surface area contributed by atoms with Crippen LogP contribution in [0, 0.1) is 0 Å². The summed E-state index contributed by atoms with van der Waals surface area (Å²) in [6.45, 7) is -0.285. The van der Waals surface area contributed by atoms with Crippen molar-refractivity contribution in [2.45, 2.75) is 37.8 Å². The molecule has 0 saturated heterocycles. The van der Waals surface area contributed by atoms with E-state index in [-0.39, 0.29) is 37.1 Å². The van der Waals surface area contributed by atoms with Crippen LogP contribution in [0.25, 0.3) is 0 Å². The van der Waals surface area contributed by atoms with E-state index in [1.807, 2.05) is 0 Å². The van der Waals surface area contributed by atoms with Crippen molar-refractivity contribution in [3.05, 3.63) is 58.6 Å². The molecule has 160 valence electrons. The fraction of sp³-hybridized carbons (Fsp3) is 0.364. The molecule has 1 aliphatic carbocycles. The minimum Gasteiger partial charge on any atom is -0.482 e. The van der Waals surface area contributed by atoms with Gasteiger partial charge in [-0.3, -0.25) is 9.59 Å². The van der Waals surface area contributed by atoms with Crippen LogP contribution in [0.3, 0.4) is 0 Å². The zero-order chi connectivity index (χ0) is 21.3. The van der Waals surface area contributed by atoms with Gasteiger partial charge in [-0.05, 0) is 37.1 Å². The van der Waals surface area contributed by atoms with E-state index in [1.165, 1.54) is 0 Å². The Morgan fingerprint density at radius 3 is 1.57 bits per heavy atom. The number of nitrogens with one attached hydrogen (secondary N) is 2. The van der Waals surface area contributed by atoms with E-state index in [4.69, 9.17) is 32.7 Å². The lowest BCUT2D eigenvalue weighted by molar-refractivity contribution is -0.127. The molecule has 0 radical (unpaired) electrons. The Morgan fingerprint density at radius 1 is 0.767 bits per heavy atom. The lowest BCUT2D eigenvalue weighted by atomic mass is 9.90. The molecule has 2 aromatic carbocycles. The number of halogens is 2. The molecule has 2 aromatic rings. The normalized spacial score (nSPS) is 18.3. The smallest absolute Gasteiger partial charge is 0.258 e. The quantitative estimate of drug-likeness (QED) is 0.637. The lowest BCUT2D eigenvalue weighted by Gasteiger charge is -2.32. The SMILES string of the molecule is O=C(COc1ccccc1Cl)N[C@H]1CCCC[C@@H]1NC(=O)COc1ccccc1Cl. The Balaban J connectivity index is 1.48. The van der Waals surface area contributed by atoms with Crippen molar-refractivity contribution in [2.24, 2.45) is 0 Å². The van der Waals surface area contributed by atoms with Crippen molar-refractivity contribution >= 4 is 35.0 Å². The third-order valence-corrected chi connectivity index (χ3v) is 5.47. The number of hydrogen-bond acceptors (Lipinski definition) is 4. The molecule has 2 atom stereocenters. The predicted octanol–water partition coefficient (Wildman–Crippen LogP) is 3.99. The van der Waals surface area contributed by atoms with Crippen LogP contribution in [-0.4, -0.2) is 37.1 Å². The molecule has 3 rings (SSSR count). The maximum Gasteiger partial charge on any atom is 0.258 e. The van der Waals surface area contributed by atoms with Crippen molar-refractivity contribution in [2.75, 3.05) is 13.2 Å². The Labute approximate surface area is 185 Å². The number of hydrogen-bond donors (Lipinski definition) is 2. The zero-order valence-corrected chi connectivity index (χ0v) is 17.9. The van der Waals surface area contributed by atoms with Gasteiger partial charge in [0.05, 0.1) is 10.0 Å². The molecule has 1 saturated carbocycles. The summed E-state index contributed by atoms with van der Waals surface area (Å²) in [4.78, 5) is 24.7. The van der Waals surface area contributed by atoms with Crippen molar-refractivity contribution in [1.29, 1.82) is 0 Å². The van der Waals surface area contributed by atoms with Gasteiger partial charge in [0.15, 0.2) is 13.2 Å². The highest BCUT2D eigenvalue weighted by molar-refractivity contribution is 6.32. The van der Waals surface area contributed by atoms with Gasteiger partial charge >= 0.3 is 0 Å². The zero-order valence-electron chi connectivity index (χ0n) is 16.4. The average Bonchev–Trinajstić information content (AvgIpc) is 2.74. The maximum atomic E-state index is 12.3. The van der Waals surface area contributed by atoms with Crippen molar-refractivity contribution < 1.29 is 19.1 Å². The van der Waals surface area contributed by atoms with E-state index in [0.29, 0.717) is 21.5 Å². The van der Waals surface area contributed by atoms with Crippen molar-refractivity contribution in [1.82, 2.24) is 10.6 Å². The van der Waals surface area contributed by atoms with Gasteiger partial charge < -0.3 is 20.1 Å². The number of ether oxygens (including phenoxy) is 2.